The molecule has 0 radical (unpaired) electrons. The largest absolute Gasteiger partial charge is 0.495 e. The number of nitrogens with one attached hydrogen (secondary N) is 1. The van der Waals surface area contributed by atoms with Crippen molar-refractivity contribution in [2.24, 2.45) is 0 Å². The van der Waals surface area contributed by atoms with Gasteiger partial charge in [0.2, 0.25) is 0 Å². The molecule has 7 heteroatoms. The van der Waals surface area contributed by atoms with Crippen molar-refractivity contribution in [2.45, 2.75) is 0 Å². The average molecular weight is 427 g/mol. The molecule has 112 valence electrons. The van der Waals surface area contributed by atoms with Gasteiger partial charge in [0.05, 0.1) is 22.8 Å². The van der Waals surface area contributed by atoms with E-state index in [-0.39, 0.29) is 5.82 Å². The Morgan fingerprint density at radius 3 is 2.68 bits per heavy atom. The molecule has 0 atom stereocenters. The number of hydrogen-bond donors (Lipinski definition) is 1. The lowest BCUT2D eigenvalue weighted by Crippen LogP contribution is -1.98. The quantitative estimate of drug-likeness (QED) is 0.636. The van der Waals surface area contributed by atoms with E-state index in [0.29, 0.717) is 27.2 Å². The summed E-state index contributed by atoms with van der Waals surface area (Å²) in [7, 11) is 1.59. The van der Waals surface area contributed by atoms with Crippen LogP contribution >= 0.6 is 31.9 Å². The third kappa shape index (κ3) is 2.91. The fourth-order valence-electron chi connectivity index (χ4n) is 2.03. The van der Waals surface area contributed by atoms with Crippen molar-refractivity contribution in [3.63, 3.8) is 0 Å². The predicted octanol–water partition coefficient (Wildman–Crippen LogP) is 5.05. The lowest BCUT2D eigenvalue weighted by Gasteiger charge is -2.11. The lowest BCUT2D eigenvalue weighted by molar-refractivity contribution is 0.412. The van der Waals surface area contributed by atoms with E-state index in [2.05, 4.69) is 47.1 Å². The molecule has 0 spiro atoms. The minimum Gasteiger partial charge on any atom is -0.495 e. The molecule has 0 amide bonds. The Hall–Kier alpha value is -1.73. The molecule has 0 bridgehead atoms. The van der Waals surface area contributed by atoms with E-state index in [0.717, 1.165) is 9.86 Å². The summed E-state index contributed by atoms with van der Waals surface area (Å²) in [6, 6.07) is 8.43. The molecular weight excluding hydrogens is 417 g/mol. The van der Waals surface area contributed by atoms with Crippen molar-refractivity contribution in [3.8, 4) is 5.75 Å². The van der Waals surface area contributed by atoms with Gasteiger partial charge in [-0.05, 0) is 40.2 Å². The molecule has 0 unspecified atom stereocenters. The smallest absolute Gasteiger partial charge is 0.147 e. The minimum atomic E-state index is -0.367. The van der Waals surface area contributed by atoms with E-state index in [9.17, 15) is 4.39 Å². The van der Waals surface area contributed by atoms with Crippen LogP contribution in [0, 0.1) is 5.82 Å². The maximum absolute atomic E-state index is 14.0. The predicted molar refractivity (Wildman–Crippen MR) is 91.2 cm³/mol. The van der Waals surface area contributed by atoms with Crippen LogP contribution in [0.1, 0.15) is 0 Å². The second-order valence-corrected chi connectivity index (χ2v) is 6.25. The summed E-state index contributed by atoms with van der Waals surface area (Å²) < 4.78 is 20.7. The van der Waals surface area contributed by atoms with Crippen molar-refractivity contribution in [1.82, 2.24) is 9.97 Å². The van der Waals surface area contributed by atoms with E-state index in [1.54, 1.807) is 25.3 Å². The van der Waals surface area contributed by atoms with Crippen molar-refractivity contribution in [1.29, 1.82) is 0 Å². The first-order valence-corrected chi connectivity index (χ1v) is 7.87. The number of methoxy groups -OCH3 is 1. The number of rotatable bonds is 3. The molecule has 1 heterocycles. The van der Waals surface area contributed by atoms with E-state index in [4.69, 9.17) is 4.74 Å². The molecule has 0 saturated heterocycles. The lowest BCUT2D eigenvalue weighted by atomic mass is 10.2. The van der Waals surface area contributed by atoms with Crippen molar-refractivity contribution >= 4 is 54.3 Å². The van der Waals surface area contributed by atoms with Crippen molar-refractivity contribution in [2.75, 3.05) is 12.4 Å². The topological polar surface area (TPSA) is 47.0 Å². The number of benzene rings is 2. The van der Waals surface area contributed by atoms with Gasteiger partial charge in [0.1, 0.15) is 23.7 Å². The molecule has 0 aliphatic rings. The normalized spacial score (nSPS) is 10.7. The van der Waals surface area contributed by atoms with E-state index < -0.39 is 0 Å². The fraction of sp³-hybridized carbons (Fsp3) is 0.0667. The third-order valence-corrected chi connectivity index (χ3v) is 4.21. The van der Waals surface area contributed by atoms with Gasteiger partial charge in [-0.2, -0.15) is 0 Å². The first-order chi connectivity index (χ1) is 10.6. The van der Waals surface area contributed by atoms with E-state index >= 15 is 0 Å². The molecule has 0 aliphatic carbocycles. The average Bonchev–Trinajstić information content (AvgIpc) is 2.50. The molecule has 0 saturated carbocycles. The standard InChI is InChI=1S/C15H10Br2FN3O/c1-22-14-6-13-9(5-10(14)17)15(20-7-19-13)21-12-3-2-8(16)4-11(12)18/h2-7H,1H3,(H,19,20,21). The highest BCUT2D eigenvalue weighted by atomic mass is 79.9. The van der Waals surface area contributed by atoms with Crippen LogP contribution in [0.25, 0.3) is 10.9 Å². The Balaban J connectivity index is 2.09. The Labute approximate surface area is 143 Å². The number of ether oxygens (including phenoxy) is 1. The molecule has 22 heavy (non-hydrogen) atoms. The molecule has 3 aromatic rings. The van der Waals surface area contributed by atoms with Crippen LogP contribution in [-0.2, 0) is 0 Å². The van der Waals surface area contributed by atoms with Crippen molar-refractivity contribution in [3.05, 3.63) is 51.4 Å². The summed E-state index contributed by atoms with van der Waals surface area (Å²) in [5, 5.41) is 3.76. The number of aromatic nitrogens is 2. The summed E-state index contributed by atoms with van der Waals surface area (Å²) in [6.07, 6.45) is 1.43. The molecule has 1 N–H and O–H groups in total. The van der Waals surface area contributed by atoms with E-state index in [1.165, 1.54) is 12.4 Å². The molecule has 0 fully saturated rings. The number of halogens is 3. The molecule has 1 aromatic heterocycles. The third-order valence-electron chi connectivity index (χ3n) is 3.09. The Kier molecular flexibility index (Phi) is 4.26. The van der Waals surface area contributed by atoms with Crippen molar-refractivity contribution < 1.29 is 9.13 Å². The van der Waals surface area contributed by atoms with Crippen LogP contribution in [0.3, 0.4) is 0 Å². The monoisotopic (exact) mass is 425 g/mol. The Bertz CT molecular complexity index is 858. The molecular formula is C15H10Br2FN3O. The van der Waals surface area contributed by atoms with Gasteiger partial charge in [0, 0.05) is 15.9 Å². The highest BCUT2D eigenvalue weighted by Gasteiger charge is 2.11. The zero-order chi connectivity index (χ0) is 15.7. The first kappa shape index (κ1) is 15.2. The maximum Gasteiger partial charge on any atom is 0.147 e. The fourth-order valence-corrected chi connectivity index (χ4v) is 2.87. The van der Waals surface area contributed by atoms with Gasteiger partial charge in [-0.15, -0.1) is 0 Å². The van der Waals surface area contributed by atoms with Gasteiger partial charge < -0.3 is 10.1 Å². The van der Waals surface area contributed by atoms with Gasteiger partial charge in [-0.25, -0.2) is 14.4 Å². The van der Waals surface area contributed by atoms with Crippen LogP contribution in [0.4, 0.5) is 15.9 Å². The van der Waals surface area contributed by atoms with E-state index in [1.807, 2.05) is 6.07 Å². The van der Waals surface area contributed by atoms with Gasteiger partial charge in [0.25, 0.3) is 0 Å². The number of anilines is 2. The van der Waals surface area contributed by atoms with Crippen LogP contribution in [0.2, 0.25) is 0 Å². The highest BCUT2D eigenvalue weighted by Crippen LogP contribution is 2.33. The first-order valence-electron chi connectivity index (χ1n) is 6.29. The number of nitrogens with zero attached hydrogens (tertiary/aromatic N) is 2. The summed E-state index contributed by atoms with van der Waals surface area (Å²) in [4.78, 5) is 8.42. The molecule has 3 rings (SSSR count). The van der Waals surface area contributed by atoms with Crippen LogP contribution in [0.15, 0.2) is 45.6 Å². The van der Waals surface area contributed by atoms with Gasteiger partial charge in [-0.3, -0.25) is 0 Å². The number of hydrogen-bond acceptors (Lipinski definition) is 4. The Morgan fingerprint density at radius 1 is 1.14 bits per heavy atom. The second kappa shape index (κ2) is 6.18. The second-order valence-electron chi connectivity index (χ2n) is 4.48. The zero-order valence-electron chi connectivity index (χ0n) is 11.4. The summed E-state index contributed by atoms with van der Waals surface area (Å²) in [6.45, 7) is 0. The van der Waals surface area contributed by atoms with Crippen LogP contribution in [-0.4, -0.2) is 17.1 Å². The molecule has 4 nitrogen and oxygen atoms in total. The summed E-state index contributed by atoms with van der Waals surface area (Å²) in [5.74, 6) is 0.829. The van der Waals surface area contributed by atoms with Gasteiger partial charge >= 0.3 is 0 Å². The SMILES string of the molecule is COc1cc2ncnc(Nc3ccc(Br)cc3F)c2cc1Br. The minimum absolute atomic E-state index is 0.343. The van der Waals surface area contributed by atoms with Gasteiger partial charge in [0.15, 0.2) is 0 Å². The molecule has 0 aliphatic heterocycles. The van der Waals surface area contributed by atoms with Crippen LogP contribution < -0.4 is 10.1 Å². The summed E-state index contributed by atoms with van der Waals surface area (Å²) >= 11 is 6.67. The van der Waals surface area contributed by atoms with Gasteiger partial charge in [-0.1, -0.05) is 15.9 Å². The maximum atomic E-state index is 14.0. The van der Waals surface area contributed by atoms with Crippen LogP contribution in [0.5, 0.6) is 5.75 Å². The molecule has 2 aromatic carbocycles. The highest BCUT2D eigenvalue weighted by molar-refractivity contribution is 9.10. The number of fused-ring (bicyclic) bond motifs is 1. The summed E-state index contributed by atoms with van der Waals surface area (Å²) in [5.41, 5.74) is 1.05. The Morgan fingerprint density at radius 2 is 1.95 bits per heavy atom. The zero-order valence-corrected chi connectivity index (χ0v) is 14.6.